The minimum atomic E-state index is -0.296. The molecule has 0 aliphatic heterocycles. The minimum absolute atomic E-state index is 0.158. The van der Waals surface area contributed by atoms with Gasteiger partial charge in [-0.25, -0.2) is 4.98 Å². The molecule has 0 radical (unpaired) electrons. The third-order valence-corrected chi connectivity index (χ3v) is 2.57. The van der Waals surface area contributed by atoms with Crippen LogP contribution in [0.25, 0.3) is 0 Å². The number of rotatable bonds is 3. The number of carbonyl (C=O) groups excluding carboxylic acids is 1. The number of hydrogen-bond donors (Lipinski definition) is 2. The molecular weight excluding hydrogens is 242 g/mol. The average Bonchev–Trinajstić information content (AvgIpc) is 2.87. The van der Waals surface area contributed by atoms with Gasteiger partial charge in [-0.15, -0.1) is 5.10 Å². The lowest BCUT2D eigenvalue weighted by molar-refractivity contribution is 0.0941. The summed E-state index contributed by atoms with van der Waals surface area (Å²) in [6.45, 7) is 6.42. The van der Waals surface area contributed by atoms with Crippen molar-refractivity contribution < 1.29 is 4.79 Å². The van der Waals surface area contributed by atoms with Gasteiger partial charge in [0.05, 0.1) is 0 Å². The normalized spacial score (nSPS) is 11.3. The van der Waals surface area contributed by atoms with Crippen LogP contribution in [0.2, 0.25) is 0 Å². The van der Waals surface area contributed by atoms with Gasteiger partial charge in [-0.3, -0.25) is 14.9 Å². The van der Waals surface area contributed by atoms with Gasteiger partial charge in [0, 0.05) is 24.4 Å². The first-order chi connectivity index (χ1) is 8.97. The van der Waals surface area contributed by atoms with Crippen molar-refractivity contribution in [3.8, 4) is 0 Å². The van der Waals surface area contributed by atoms with E-state index in [2.05, 4.69) is 25.5 Å². The van der Waals surface area contributed by atoms with E-state index < -0.39 is 0 Å². The summed E-state index contributed by atoms with van der Waals surface area (Å²) in [5.74, 6) is 0.559. The van der Waals surface area contributed by atoms with Crippen LogP contribution in [0, 0.1) is 0 Å². The Balaban J connectivity index is 1.99. The molecule has 2 rings (SSSR count). The molecule has 19 heavy (non-hydrogen) atoms. The van der Waals surface area contributed by atoms with Crippen LogP contribution in [0.4, 0.5) is 0 Å². The van der Waals surface area contributed by atoms with E-state index in [0.29, 0.717) is 12.4 Å². The van der Waals surface area contributed by atoms with Crippen molar-refractivity contribution in [2.75, 3.05) is 0 Å². The zero-order chi connectivity index (χ0) is 13.9. The van der Waals surface area contributed by atoms with E-state index in [-0.39, 0.29) is 17.1 Å². The molecule has 2 heterocycles. The van der Waals surface area contributed by atoms with Crippen LogP contribution in [0.5, 0.6) is 0 Å². The van der Waals surface area contributed by atoms with Crippen LogP contribution in [-0.2, 0) is 12.0 Å². The molecule has 0 spiro atoms. The second kappa shape index (κ2) is 5.17. The second-order valence-electron chi connectivity index (χ2n) is 5.30. The van der Waals surface area contributed by atoms with Gasteiger partial charge in [-0.2, -0.15) is 0 Å². The van der Waals surface area contributed by atoms with E-state index in [1.54, 1.807) is 12.4 Å². The van der Waals surface area contributed by atoms with Gasteiger partial charge >= 0.3 is 0 Å². The second-order valence-corrected chi connectivity index (χ2v) is 5.30. The summed E-state index contributed by atoms with van der Waals surface area (Å²) >= 11 is 0. The molecule has 2 aromatic rings. The smallest absolute Gasteiger partial charge is 0.291 e. The van der Waals surface area contributed by atoms with Gasteiger partial charge in [-0.1, -0.05) is 26.8 Å². The van der Waals surface area contributed by atoms with Crippen LogP contribution in [0.15, 0.2) is 24.5 Å². The summed E-state index contributed by atoms with van der Waals surface area (Å²) in [5, 5.41) is 9.48. The molecule has 0 aliphatic rings. The predicted octanol–water partition coefficient (Wildman–Crippen LogP) is 1.43. The molecule has 0 atom stereocenters. The Kier molecular flexibility index (Phi) is 3.59. The van der Waals surface area contributed by atoms with E-state index >= 15 is 0 Å². The number of carbonyl (C=O) groups is 1. The summed E-state index contributed by atoms with van der Waals surface area (Å²) in [4.78, 5) is 20.1. The number of aromatic amines is 1. The number of pyridine rings is 1. The third kappa shape index (κ3) is 3.37. The highest BCUT2D eigenvalue weighted by molar-refractivity contribution is 5.90. The lowest BCUT2D eigenvalue weighted by Gasteiger charge is -2.12. The molecule has 100 valence electrons. The maximum Gasteiger partial charge on any atom is 0.291 e. The van der Waals surface area contributed by atoms with Crippen LogP contribution < -0.4 is 5.32 Å². The molecule has 2 aromatic heterocycles. The topological polar surface area (TPSA) is 83.6 Å². The number of aromatic nitrogens is 4. The van der Waals surface area contributed by atoms with Gasteiger partial charge < -0.3 is 5.32 Å². The number of hydrogen-bond acceptors (Lipinski definition) is 4. The highest BCUT2D eigenvalue weighted by atomic mass is 16.2. The standard InChI is InChI=1S/C13H17N5O/c1-13(2,3)12-16-10(17-18-12)11(19)15-8-9-5-4-6-14-7-9/h4-7H,8H2,1-3H3,(H,15,19)(H,16,17,18). The van der Waals surface area contributed by atoms with Crippen LogP contribution >= 0.6 is 0 Å². The molecule has 0 unspecified atom stereocenters. The Morgan fingerprint density at radius 2 is 2.21 bits per heavy atom. The molecule has 0 saturated carbocycles. The highest BCUT2D eigenvalue weighted by Crippen LogP contribution is 2.17. The van der Waals surface area contributed by atoms with E-state index in [9.17, 15) is 4.79 Å². The highest BCUT2D eigenvalue weighted by Gasteiger charge is 2.21. The third-order valence-electron chi connectivity index (χ3n) is 2.57. The summed E-state index contributed by atoms with van der Waals surface area (Å²) in [7, 11) is 0. The monoisotopic (exact) mass is 259 g/mol. The minimum Gasteiger partial charge on any atom is -0.345 e. The quantitative estimate of drug-likeness (QED) is 0.873. The van der Waals surface area contributed by atoms with E-state index in [1.807, 2.05) is 32.9 Å². The average molecular weight is 259 g/mol. The van der Waals surface area contributed by atoms with Crippen molar-refractivity contribution in [1.82, 2.24) is 25.5 Å². The van der Waals surface area contributed by atoms with Crippen LogP contribution in [-0.4, -0.2) is 26.1 Å². The van der Waals surface area contributed by atoms with Gasteiger partial charge in [0.25, 0.3) is 5.91 Å². The number of H-pyrrole nitrogens is 1. The predicted molar refractivity (Wildman–Crippen MR) is 70.5 cm³/mol. The molecule has 2 N–H and O–H groups in total. The Labute approximate surface area is 111 Å². The summed E-state index contributed by atoms with van der Waals surface area (Å²) in [5.41, 5.74) is 0.775. The number of amides is 1. The van der Waals surface area contributed by atoms with Crippen LogP contribution in [0.3, 0.4) is 0 Å². The first kappa shape index (κ1) is 13.2. The van der Waals surface area contributed by atoms with Gasteiger partial charge in [0.15, 0.2) is 0 Å². The lowest BCUT2D eigenvalue weighted by atomic mass is 9.96. The number of nitrogens with one attached hydrogen (secondary N) is 2. The Morgan fingerprint density at radius 1 is 1.42 bits per heavy atom. The Morgan fingerprint density at radius 3 is 2.79 bits per heavy atom. The number of nitrogens with zero attached hydrogens (tertiary/aromatic N) is 3. The maximum atomic E-state index is 11.9. The van der Waals surface area contributed by atoms with E-state index in [4.69, 9.17) is 0 Å². The Hall–Kier alpha value is -2.24. The zero-order valence-electron chi connectivity index (χ0n) is 11.3. The largest absolute Gasteiger partial charge is 0.345 e. The molecule has 1 amide bonds. The fraction of sp³-hybridized carbons (Fsp3) is 0.385. The molecule has 0 bridgehead atoms. The summed E-state index contributed by atoms with van der Waals surface area (Å²) in [6, 6.07) is 3.72. The van der Waals surface area contributed by atoms with Crippen molar-refractivity contribution in [3.63, 3.8) is 0 Å². The molecule has 0 aliphatic carbocycles. The van der Waals surface area contributed by atoms with Crippen molar-refractivity contribution in [3.05, 3.63) is 41.7 Å². The molecule has 6 heteroatoms. The fourth-order valence-electron chi connectivity index (χ4n) is 1.46. The van der Waals surface area contributed by atoms with Gasteiger partial charge in [-0.05, 0) is 11.6 Å². The first-order valence-electron chi connectivity index (χ1n) is 6.07. The van der Waals surface area contributed by atoms with Crippen molar-refractivity contribution in [2.45, 2.75) is 32.7 Å². The molecule has 0 saturated heterocycles. The molecule has 0 aromatic carbocycles. The summed E-state index contributed by atoms with van der Waals surface area (Å²) in [6.07, 6.45) is 3.40. The molecule has 6 nitrogen and oxygen atoms in total. The van der Waals surface area contributed by atoms with Gasteiger partial charge in [0.1, 0.15) is 5.82 Å². The molecule has 0 fully saturated rings. The lowest BCUT2D eigenvalue weighted by Crippen LogP contribution is -2.24. The molecular formula is C13H17N5O. The van der Waals surface area contributed by atoms with Crippen molar-refractivity contribution >= 4 is 5.91 Å². The van der Waals surface area contributed by atoms with Gasteiger partial charge in [0.2, 0.25) is 5.82 Å². The van der Waals surface area contributed by atoms with Crippen LogP contribution in [0.1, 0.15) is 42.8 Å². The first-order valence-corrected chi connectivity index (χ1v) is 6.07. The van der Waals surface area contributed by atoms with Crippen molar-refractivity contribution in [2.24, 2.45) is 0 Å². The van der Waals surface area contributed by atoms with Crippen molar-refractivity contribution in [1.29, 1.82) is 0 Å². The zero-order valence-corrected chi connectivity index (χ0v) is 11.3. The maximum absolute atomic E-state index is 11.9. The fourth-order valence-corrected chi connectivity index (χ4v) is 1.46. The SMILES string of the molecule is CC(C)(C)c1nc(C(=O)NCc2cccnc2)n[nH]1. The van der Waals surface area contributed by atoms with E-state index in [0.717, 1.165) is 5.56 Å². The summed E-state index contributed by atoms with van der Waals surface area (Å²) < 4.78 is 0. The Bertz CT molecular complexity index is 556. The van der Waals surface area contributed by atoms with E-state index in [1.165, 1.54) is 0 Å².